The van der Waals surface area contributed by atoms with Crippen LogP contribution in [-0.4, -0.2) is 50.8 Å². The highest BCUT2D eigenvalue weighted by Gasteiger charge is 2.44. The standard InChI is InChI=1S/C21H24N2O4/c24-17-11-19(15-4-2-1-3-5-15)27-21(12-17)6-8-23(9-7-21)20(26)16-10-18(25)14-22-13-16/h1-5,10,13-14,17,19,24-25H,6-9,11-12H2/t17-,19+/m0/s1. The van der Waals surface area contributed by atoms with Gasteiger partial charge in [-0.15, -0.1) is 0 Å². The lowest BCUT2D eigenvalue weighted by molar-refractivity contribution is -0.181. The van der Waals surface area contributed by atoms with E-state index in [2.05, 4.69) is 4.98 Å². The Labute approximate surface area is 158 Å². The number of hydrogen-bond donors (Lipinski definition) is 2. The van der Waals surface area contributed by atoms with E-state index < -0.39 is 11.7 Å². The number of aromatic nitrogens is 1. The van der Waals surface area contributed by atoms with Crippen molar-refractivity contribution in [3.8, 4) is 5.75 Å². The highest BCUT2D eigenvalue weighted by atomic mass is 16.5. The summed E-state index contributed by atoms with van der Waals surface area (Å²) in [5.74, 6) is -0.150. The summed E-state index contributed by atoms with van der Waals surface area (Å²) >= 11 is 0. The lowest BCUT2D eigenvalue weighted by atomic mass is 9.81. The van der Waals surface area contributed by atoms with Crippen molar-refractivity contribution in [2.75, 3.05) is 13.1 Å². The Balaban J connectivity index is 1.45. The fourth-order valence-corrected chi connectivity index (χ4v) is 4.20. The number of carbonyl (C=O) groups excluding carboxylic acids is 1. The Kier molecular flexibility index (Phi) is 4.85. The number of amides is 1. The van der Waals surface area contributed by atoms with Crippen LogP contribution in [0.5, 0.6) is 5.75 Å². The number of ether oxygens (including phenoxy) is 1. The lowest BCUT2D eigenvalue weighted by Crippen LogP contribution is -2.52. The molecule has 1 spiro atoms. The minimum Gasteiger partial charge on any atom is -0.506 e. The van der Waals surface area contributed by atoms with Gasteiger partial charge in [-0.3, -0.25) is 9.78 Å². The van der Waals surface area contributed by atoms with Gasteiger partial charge in [0.2, 0.25) is 0 Å². The molecule has 4 rings (SSSR count). The maximum Gasteiger partial charge on any atom is 0.255 e. The number of piperidine rings is 1. The zero-order valence-corrected chi connectivity index (χ0v) is 15.1. The van der Waals surface area contributed by atoms with Crippen LogP contribution in [0, 0.1) is 0 Å². The molecule has 0 bridgehead atoms. The quantitative estimate of drug-likeness (QED) is 0.852. The first-order valence-electron chi connectivity index (χ1n) is 9.39. The molecule has 0 aliphatic carbocycles. The van der Waals surface area contributed by atoms with E-state index in [-0.39, 0.29) is 17.8 Å². The van der Waals surface area contributed by atoms with Gasteiger partial charge in [0.05, 0.1) is 29.6 Å². The van der Waals surface area contributed by atoms with E-state index in [0.29, 0.717) is 44.3 Å². The maximum absolute atomic E-state index is 12.7. The number of hydrogen-bond acceptors (Lipinski definition) is 5. The van der Waals surface area contributed by atoms with E-state index in [4.69, 9.17) is 4.74 Å². The highest BCUT2D eigenvalue weighted by Crippen LogP contribution is 2.43. The molecule has 2 N–H and O–H groups in total. The van der Waals surface area contributed by atoms with Crippen molar-refractivity contribution >= 4 is 5.91 Å². The molecule has 27 heavy (non-hydrogen) atoms. The summed E-state index contributed by atoms with van der Waals surface area (Å²) in [7, 11) is 0. The van der Waals surface area contributed by atoms with Gasteiger partial charge in [0, 0.05) is 32.1 Å². The molecule has 2 aliphatic heterocycles. The van der Waals surface area contributed by atoms with Gasteiger partial charge in [-0.05, 0) is 24.5 Å². The van der Waals surface area contributed by atoms with Crippen LogP contribution in [0.25, 0.3) is 0 Å². The lowest BCUT2D eigenvalue weighted by Gasteiger charge is -2.48. The van der Waals surface area contributed by atoms with E-state index in [0.717, 1.165) is 5.56 Å². The van der Waals surface area contributed by atoms with Gasteiger partial charge in [-0.2, -0.15) is 0 Å². The van der Waals surface area contributed by atoms with Crippen LogP contribution >= 0.6 is 0 Å². The normalized spacial score (nSPS) is 24.7. The molecule has 0 saturated carbocycles. The molecule has 2 aromatic rings. The molecule has 142 valence electrons. The van der Waals surface area contributed by atoms with Crippen LogP contribution in [0.4, 0.5) is 0 Å². The van der Waals surface area contributed by atoms with E-state index in [1.165, 1.54) is 18.5 Å². The molecular weight excluding hydrogens is 344 g/mol. The predicted molar refractivity (Wildman–Crippen MR) is 99.3 cm³/mol. The van der Waals surface area contributed by atoms with Gasteiger partial charge >= 0.3 is 0 Å². The van der Waals surface area contributed by atoms with E-state index in [1.807, 2.05) is 30.3 Å². The number of rotatable bonds is 2. The second-order valence-electron chi connectivity index (χ2n) is 7.52. The number of benzene rings is 1. The molecule has 2 fully saturated rings. The third kappa shape index (κ3) is 3.82. The number of likely N-dealkylation sites (tertiary alicyclic amines) is 1. The van der Waals surface area contributed by atoms with Gasteiger partial charge in [-0.25, -0.2) is 0 Å². The molecular formula is C21H24N2O4. The van der Waals surface area contributed by atoms with Crippen LogP contribution in [-0.2, 0) is 4.74 Å². The first kappa shape index (κ1) is 17.9. The van der Waals surface area contributed by atoms with Crippen molar-refractivity contribution in [3.63, 3.8) is 0 Å². The molecule has 6 heteroatoms. The number of pyridine rings is 1. The third-order valence-electron chi connectivity index (χ3n) is 5.59. The Morgan fingerprint density at radius 1 is 1.19 bits per heavy atom. The van der Waals surface area contributed by atoms with Gasteiger partial charge in [0.15, 0.2) is 0 Å². The second-order valence-corrected chi connectivity index (χ2v) is 7.52. The third-order valence-corrected chi connectivity index (χ3v) is 5.59. The molecule has 3 heterocycles. The van der Waals surface area contributed by atoms with Crippen molar-refractivity contribution in [3.05, 3.63) is 59.9 Å². The molecule has 1 aromatic carbocycles. The molecule has 1 amide bonds. The maximum atomic E-state index is 12.7. The van der Waals surface area contributed by atoms with Gasteiger partial charge in [-0.1, -0.05) is 30.3 Å². The monoisotopic (exact) mass is 368 g/mol. The zero-order chi connectivity index (χ0) is 18.9. The fraction of sp³-hybridized carbons (Fsp3) is 0.429. The predicted octanol–water partition coefficient (Wildman–Crippen LogP) is 2.67. The van der Waals surface area contributed by atoms with E-state index in [9.17, 15) is 15.0 Å². The Morgan fingerprint density at radius 3 is 2.63 bits per heavy atom. The summed E-state index contributed by atoms with van der Waals surface area (Å²) in [5, 5.41) is 20.0. The summed E-state index contributed by atoms with van der Waals surface area (Å²) in [6.45, 7) is 1.12. The van der Waals surface area contributed by atoms with Gasteiger partial charge in [0.25, 0.3) is 5.91 Å². The SMILES string of the molecule is O=C(c1cncc(O)c1)N1CCC2(CC1)C[C@@H](O)C[C@H](c1ccccc1)O2. The fourth-order valence-electron chi connectivity index (χ4n) is 4.20. The number of nitrogens with zero attached hydrogens (tertiary/aromatic N) is 2. The molecule has 0 radical (unpaired) electrons. The molecule has 2 atom stereocenters. The van der Waals surface area contributed by atoms with Gasteiger partial charge in [0.1, 0.15) is 5.75 Å². The summed E-state index contributed by atoms with van der Waals surface area (Å²) in [4.78, 5) is 18.3. The van der Waals surface area contributed by atoms with Crippen molar-refractivity contribution in [1.29, 1.82) is 0 Å². The number of aromatic hydroxyl groups is 1. The van der Waals surface area contributed by atoms with Crippen molar-refractivity contribution in [1.82, 2.24) is 9.88 Å². The first-order chi connectivity index (χ1) is 13.0. The minimum atomic E-state index is -0.401. The smallest absolute Gasteiger partial charge is 0.255 e. The molecule has 1 aromatic heterocycles. The van der Waals surface area contributed by atoms with E-state index in [1.54, 1.807) is 4.90 Å². The Bertz CT molecular complexity index is 803. The topological polar surface area (TPSA) is 82.9 Å². The largest absolute Gasteiger partial charge is 0.506 e. The summed E-state index contributed by atoms with van der Waals surface area (Å²) in [6.07, 6.45) is 4.84. The molecule has 2 saturated heterocycles. The van der Waals surface area contributed by atoms with Crippen LogP contribution in [0.1, 0.15) is 47.7 Å². The van der Waals surface area contributed by atoms with Gasteiger partial charge < -0.3 is 19.8 Å². The Morgan fingerprint density at radius 2 is 1.93 bits per heavy atom. The molecule has 6 nitrogen and oxygen atoms in total. The van der Waals surface area contributed by atoms with E-state index >= 15 is 0 Å². The number of aliphatic hydroxyl groups excluding tert-OH is 1. The average Bonchev–Trinajstić information content (AvgIpc) is 2.68. The van der Waals surface area contributed by atoms with Crippen molar-refractivity contribution in [2.45, 2.75) is 43.5 Å². The zero-order valence-electron chi connectivity index (χ0n) is 15.1. The first-order valence-corrected chi connectivity index (χ1v) is 9.39. The summed E-state index contributed by atoms with van der Waals surface area (Å²) < 4.78 is 6.47. The van der Waals surface area contributed by atoms with Crippen LogP contribution < -0.4 is 0 Å². The summed E-state index contributed by atoms with van der Waals surface area (Å²) in [6, 6.07) is 11.4. The molecule has 0 unspecified atom stereocenters. The van der Waals surface area contributed by atoms with Crippen LogP contribution in [0.3, 0.4) is 0 Å². The Hall–Kier alpha value is -2.44. The average molecular weight is 368 g/mol. The number of carbonyl (C=O) groups is 1. The second kappa shape index (κ2) is 7.29. The summed E-state index contributed by atoms with van der Waals surface area (Å²) in [5.41, 5.74) is 1.07. The minimum absolute atomic E-state index is 0.0150. The van der Waals surface area contributed by atoms with Crippen LogP contribution in [0.15, 0.2) is 48.8 Å². The van der Waals surface area contributed by atoms with Crippen molar-refractivity contribution < 1.29 is 19.7 Å². The number of aliphatic hydroxyl groups is 1. The van der Waals surface area contributed by atoms with Crippen molar-refractivity contribution in [2.24, 2.45) is 0 Å². The van der Waals surface area contributed by atoms with Crippen LogP contribution in [0.2, 0.25) is 0 Å². The highest BCUT2D eigenvalue weighted by molar-refractivity contribution is 5.94. The molecule has 2 aliphatic rings.